The van der Waals surface area contributed by atoms with Gasteiger partial charge in [0.25, 0.3) is 0 Å². The van der Waals surface area contributed by atoms with Gasteiger partial charge in [-0.2, -0.15) is 0 Å². The van der Waals surface area contributed by atoms with E-state index < -0.39 is 0 Å². The summed E-state index contributed by atoms with van der Waals surface area (Å²) in [5.74, 6) is 0.371. The molecule has 0 saturated carbocycles. The molecule has 114 valence electrons. The first-order valence-corrected chi connectivity index (χ1v) is 7.78. The zero-order valence-corrected chi connectivity index (χ0v) is 13.0. The molecule has 1 atom stereocenters. The third kappa shape index (κ3) is 3.37. The molecule has 0 heterocycles. The fourth-order valence-electron chi connectivity index (χ4n) is 2.62. The molecule has 0 fully saturated rings. The van der Waals surface area contributed by atoms with E-state index in [9.17, 15) is 9.59 Å². The fraction of sp³-hybridized carbons (Fsp3) is 0.143. The lowest BCUT2D eigenvalue weighted by Crippen LogP contribution is -2.08. The zero-order chi connectivity index (χ0) is 16.2. The van der Waals surface area contributed by atoms with Crippen LogP contribution < -0.4 is 0 Å². The summed E-state index contributed by atoms with van der Waals surface area (Å²) in [5, 5.41) is 0. The summed E-state index contributed by atoms with van der Waals surface area (Å²) >= 11 is 0. The van der Waals surface area contributed by atoms with Gasteiger partial charge in [-0.15, -0.1) is 0 Å². The van der Waals surface area contributed by atoms with Crippen molar-refractivity contribution in [3.63, 3.8) is 0 Å². The quantitative estimate of drug-likeness (QED) is 0.772. The number of benzene rings is 2. The normalized spacial score (nSPS) is 16.7. The Morgan fingerprint density at radius 1 is 0.870 bits per heavy atom. The SMILES string of the molecule is CC1C=CC(C(=O)c2cccc(C(=O)c3ccccc3)c2)=CC1. The Balaban J connectivity index is 1.87. The van der Waals surface area contributed by atoms with Crippen LogP contribution in [0.1, 0.15) is 39.6 Å². The van der Waals surface area contributed by atoms with E-state index in [0.29, 0.717) is 28.2 Å². The fourth-order valence-corrected chi connectivity index (χ4v) is 2.62. The molecule has 1 unspecified atom stereocenters. The Hall–Kier alpha value is -2.74. The molecule has 0 saturated heterocycles. The summed E-state index contributed by atoms with van der Waals surface area (Å²) in [7, 11) is 0. The van der Waals surface area contributed by atoms with Gasteiger partial charge in [-0.3, -0.25) is 9.59 Å². The summed E-state index contributed by atoms with van der Waals surface area (Å²) in [6, 6.07) is 16.1. The molecule has 0 aromatic heterocycles. The number of hydrogen-bond acceptors (Lipinski definition) is 2. The summed E-state index contributed by atoms with van der Waals surface area (Å²) in [6.45, 7) is 2.12. The van der Waals surface area contributed by atoms with Crippen molar-refractivity contribution in [2.24, 2.45) is 5.92 Å². The molecule has 0 bridgehead atoms. The predicted octanol–water partition coefficient (Wildman–Crippen LogP) is 4.62. The van der Waals surface area contributed by atoms with Crippen LogP contribution in [0, 0.1) is 5.92 Å². The molecule has 23 heavy (non-hydrogen) atoms. The largest absolute Gasteiger partial charge is 0.289 e. The van der Waals surface area contributed by atoms with E-state index in [0.717, 1.165) is 6.42 Å². The molecular weight excluding hydrogens is 284 g/mol. The molecular formula is C21H18O2. The molecule has 0 radical (unpaired) electrons. The first kappa shape index (κ1) is 15.2. The third-order valence-electron chi connectivity index (χ3n) is 4.00. The van der Waals surface area contributed by atoms with Gasteiger partial charge in [-0.25, -0.2) is 0 Å². The second-order valence-corrected chi connectivity index (χ2v) is 5.84. The highest BCUT2D eigenvalue weighted by Crippen LogP contribution is 2.20. The molecule has 0 N–H and O–H groups in total. The molecule has 1 aliphatic rings. The van der Waals surface area contributed by atoms with Gasteiger partial charge in [0.05, 0.1) is 0 Å². The maximum Gasteiger partial charge on any atom is 0.193 e. The monoisotopic (exact) mass is 302 g/mol. The number of rotatable bonds is 4. The number of Topliss-reactive ketones (excluding diaryl/α,β-unsaturated/α-hetero) is 1. The van der Waals surface area contributed by atoms with E-state index in [1.807, 2.05) is 36.4 Å². The van der Waals surface area contributed by atoms with E-state index in [1.165, 1.54) is 0 Å². The van der Waals surface area contributed by atoms with Crippen molar-refractivity contribution in [3.8, 4) is 0 Å². The summed E-state index contributed by atoms with van der Waals surface area (Å²) in [5.41, 5.74) is 2.42. The molecule has 2 aromatic carbocycles. The lowest BCUT2D eigenvalue weighted by molar-refractivity contribution is 0.103. The standard InChI is InChI=1S/C21H18O2/c1-15-10-12-17(13-11-15)21(23)19-9-5-8-18(14-19)20(22)16-6-3-2-4-7-16/h2-10,12-15H,11H2,1H3. The molecule has 2 nitrogen and oxygen atoms in total. The van der Waals surface area contributed by atoms with Gasteiger partial charge in [0.15, 0.2) is 11.6 Å². The topological polar surface area (TPSA) is 34.1 Å². The van der Waals surface area contributed by atoms with E-state index in [4.69, 9.17) is 0 Å². The van der Waals surface area contributed by atoms with Gasteiger partial charge in [0.2, 0.25) is 0 Å². The second-order valence-electron chi connectivity index (χ2n) is 5.84. The van der Waals surface area contributed by atoms with Crippen molar-refractivity contribution in [1.82, 2.24) is 0 Å². The van der Waals surface area contributed by atoms with Crippen LogP contribution in [0.5, 0.6) is 0 Å². The Morgan fingerprint density at radius 2 is 1.52 bits per heavy atom. The number of ketones is 2. The molecule has 1 aliphatic carbocycles. The smallest absolute Gasteiger partial charge is 0.193 e. The number of hydrogen-bond donors (Lipinski definition) is 0. The maximum absolute atomic E-state index is 12.6. The van der Waals surface area contributed by atoms with Gasteiger partial charge in [0.1, 0.15) is 0 Å². The van der Waals surface area contributed by atoms with Crippen molar-refractivity contribution < 1.29 is 9.59 Å². The predicted molar refractivity (Wildman–Crippen MR) is 91.7 cm³/mol. The average Bonchev–Trinajstić information content (AvgIpc) is 2.62. The minimum atomic E-state index is -0.0676. The zero-order valence-electron chi connectivity index (χ0n) is 13.0. The summed E-state index contributed by atoms with van der Waals surface area (Å²) in [6.07, 6.45) is 6.77. The van der Waals surface area contributed by atoms with Gasteiger partial charge in [-0.1, -0.05) is 73.7 Å². The first-order valence-electron chi connectivity index (χ1n) is 7.78. The number of carbonyl (C=O) groups is 2. The minimum Gasteiger partial charge on any atom is -0.289 e. The molecule has 2 aromatic rings. The van der Waals surface area contributed by atoms with Crippen LogP contribution in [0.15, 0.2) is 78.4 Å². The Kier molecular flexibility index (Phi) is 4.33. The summed E-state index contributed by atoms with van der Waals surface area (Å²) < 4.78 is 0. The number of carbonyl (C=O) groups excluding carboxylic acids is 2. The highest BCUT2D eigenvalue weighted by molar-refractivity contribution is 6.14. The lowest BCUT2D eigenvalue weighted by Gasteiger charge is -2.11. The molecule has 2 heteroatoms. The lowest BCUT2D eigenvalue weighted by atomic mass is 9.92. The molecule has 0 amide bonds. The van der Waals surface area contributed by atoms with E-state index >= 15 is 0 Å². The van der Waals surface area contributed by atoms with E-state index in [1.54, 1.807) is 36.4 Å². The van der Waals surface area contributed by atoms with E-state index in [2.05, 4.69) is 6.92 Å². The van der Waals surface area contributed by atoms with Crippen LogP contribution in [0.25, 0.3) is 0 Å². The Morgan fingerprint density at radius 3 is 2.17 bits per heavy atom. The van der Waals surface area contributed by atoms with Crippen molar-refractivity contribution in [2.75, 3.05) is 0 Å². The number of allylic oxidation sites excluding steroid dienone is 4. The van der Waals surface area contributed by atoms with Crippen molar-refractivity contribution in [3.05, 3.63) is 95.1 Å². The highest BCUT2D eigenvalue weighted by atomic mass is 16.1. The van der Waals surface area contributed by atoms with Crippen molar-refractivity contribution in [2.45, 2.75) is 13.3 Å². The molecule has 3 rings (SSSR count). The van der Waals surface area contributed by atoms with Gasteiger partial charge < -0.3 is 0 Å². The van der Waals surface area contributed by atoms with Crippen LogP contribution in [0.3, 0.4) is 0 Å². The van der Waals surface area contributed by atoms with Crippen LogP contribution >= 0.6 is 0 Å². The van der Waals surface area contributed by atoms with Crippen LogP contribution in [-0.4, -0.2) is 11.6 Å². The average molecular weight is 302 g/mol. The van der Waals surface area contributed by atoms with Crippen LogP contribution in [0.2, 0.25) is 0 Å². The highest BCUT2D eigenvalue weighted by Gasteiger charge is 2.15. The second kappa shape index (κ2) is 6.57. The first-order chi connectivity index (χ1) is 11.1. The Labute approximate surface area is 136 Å². The minimum absolute atomic E-state index is 0.0316. The third-order valence-corrected chi connectivity index (χ3v) is 4.00. The van der Waals surface area contributed by atoms with Crippen LogP contribution in [0.4, 0.5) is 0 Å². The molecule has 0 aliphatic heterocycles. The Bertz CT molecular complexity index is 798. The summed E-state index contributed by atoms with van der Waals surface area (Å²) in [4.78, 5) is 25.1. The van der Waals surface area contributed by atoms with E-state index in [-0.39, 0.29) is 11.6 Å². The van der Waals surface area contributed by atoms with Crippen LogP contribution in [-0.2, 0) is 0 Å². The van der Waals surface area contributed by atoms with Gasteiger partial charge in [0, 0.05) is 22.3 Å². The van der Waals surface area contributed by atoms with Crippen molar-refractivity contribution in [1.29, 1.82) is 0 Å². The van der Waals surface area contributed by atoms with Crippen molar-refractivity contribution >= 4 is 11.6 Å². The molecule has 0 spiro atoms. The van der Waals surface area contributed by atoms with Gasteiger partial charge in [-0.05, 0) is 18.4 Å². The maximum atomic E-state index is 12.6. The van der Waals surface area contributed by atoms with Gasteiger partial charge >= 0.3 is 0 Å².